The van der Waals surface area contributed by atoms with Crippen LogP contribution >= 0.6 is 0 Å². The molecule has 3 aromatic carbocycles. The first-order chi connectivity index (χ1) is 19.3. The zero-order chi connectivity index (χ0) is 30.2. The molecule has 8 nitrogen and oxygen atoms in total. The van der Waals surface area contributed by atoms with Gasteiger partial charge in [0.15, 0.2) is 0 Å². The van der Waals surface area contributed by atoms with E-state index in [4.69, 9.17) is 4.74 Å². The number of likely N-dealkylation sites (N-methyl/N-ethyl adjacent to an activating group) is 1. The molecule has 220 valence electrons. The minimum absolute atomic E-state index is 0.0885. The van der Waals surface area contributed by atoms with Crippen molar-refractivity contribution in [3.63, 3.8) is 0 Å². The van der Waals surface area contributed by atoms with E-state index in [0.717, 1.165) is 27.3 Å². The quantitative estimate of drug-likeness (QED) is 0.340. The Hall–Kier alpha value is -3.85. The fraction of sp³-hybridized carbons (Fsp3) is 0.375. The lowest BCUT2D eigenvalue weighted by molar-refractivity contribution is -0.140. The third kappa shape index (κ3) is 8.82. The van der Waals surface area contributed by atoms with Crippen LogP contribution in [0.5, 0.6) is 5.75 Å². The van der Waals surface area contributed by atoms with Crippen molar-refractivity contribution in [2.75, 3.05) is 30.8 Å². The number of hydrogen-bond donors (Lipinski definition) is 1. The molecule has 0 unspecified atom stereocenters. The van der Waals surface area contributed by atoms with E-state index in [1.54, 1.807) is 31.4 Å². The maximum atomic E-state index is 14.1. The van der Waals surface area contributed by atoms with Crippen molar-refractivity contribution in [3.05, 3.63) is 95.6 Å². The normalized spacial score (nSPS) is 12.3. The Morgan fingerprint density at radius 1 is 0.927 bits per heavy atom. The average Bonchev–Trinajstić information content (AvgIpc) is 2.93. The molecule has 1 atom stereocenters. The van der Waals surface area contributed by atoms with Crippen LogP contribution in [0.25, 0.3) is 0 Å². The molecule has 0 saturated heterocycles. The van der Waals surface area contributed by atoms with E-state index in [9.17, 15) is 18.0 Å². The Kier molecular flexibility index (Phi) is 10.6. The Bertz CT molecular complexity index is 1420. The summed E-state index contributed by atoms with van der Waals surface area (Å²) in [5.74, 6) is -0.192. The van der Waals surface area contributed by atoms with Gasteiger partial charge in [-0.2, -0.15) is 0 Å². The molecule has 9 heteroatoms. The highest BCUT2D eigenvalue weighted by atomic mass is 32.2. The van der Waals surface area contributed by atoms with Gasteiger partial charge in [-0.25, -0.2) is 8.42 Å². The van der Waals surface area contributed by atoms with Gasteiger partial charge in [-0.15, -0.1) is 0 Å². The molecule has 0 aliphatic heterocycles. The first kappa shape index (κ1) is 31.7. The summed E-state index contributed by atoms with van der Waals surface area (Å²) in [5, 5.41) is 2.86. The third-order valence-corrected chi connectivity index (χ3v) is 7.95. The molecule has 0 aliphatic carbocycles. The number of amides is 2. The van der Waals surface area contributed by atoms with Crippen molar-refractivity contribution in [2.24, 2.45) is 0 Å². The summed E-state index contributed by atoms with van der Waals surface area (Å²) in [4.78, 5) is 29.0. The van der Waals surface area contributed by atoms with Crippen LogP contribution in [0, 0.1) is 0 Å². The summed E-state index contributed by atoms with van der Waals surface area (Å²) in [6.45, 7) is 8.06. The summed E-state index contributed by atoms with van der Waals surface area (Å²) in [5.41, 5.74) is 2.94. The molecule has 0 aromatic heterocycles. The number of carbonyl (C=O) groups is 2. The molecular formula is C32H41N3O5S. The number of nitrogens with one attached hydrogen (secondary N) is 1. The molecule has 0 heterocycles. The number of methoxy groups -OCH3 is 1. The van der Waals surface area contributed by atoms with Crippen molar-refractivity contribution in [2.45, 2.75) is 52.1 Å². The summed E-state index contributed by atoms with van der Waals surface area (Å²) >= 11 is 0. The van der Waals surface area contributed by atoms with E-state index in [0.29, 0.717) is 18.0 Å². The van der Waals surface area contributed by atoms with Crippen LogP contribution in [-0.4, -0.2) is 57.6 Å². The molecule has 0 radical (unpaired) electrons. The van der Waals surface area contributed by atoms with Crippen LogP contribution in [-0.2, 0) is 38.0 Å². The average molecular weight is 580 g/mol. The third-order valence-electron chi connectivity index (χ3n) is 6.81. The molecule has 0 saturated carbocycles. The van der Waals surface area contributed by atoms with Gasteiger partial charge in [0, 0.05) is 19.5 Å². The van der Waals surface area contributed by atoms with E-state index in [-0.39, 0.29) is 24.3 Å². The van der Waals surface area contributed by atoms with E-state index < -0.39 is 28.5 Å². The van der Waals surface area contributed by atoms with Gasteiger partial charge in [0.1, 0.15) is 18.3 Å². The van der Waals surface area contributed by atoms with Gasteiger partial charge in [-0.05, 0) is 53.3 Å². The number of sulfonamides is 1. The Labute approximate surface area is 244 Å². The highest BCUT2D eigenvalue weighted by molar-refractivity contribution is 7.92. The maximum Gasteiger partial charge on any atom is 0.244 e. The minimum Gasteiger partial charge on any atom is -0.497 e. The number of ether oxygens (including phenoxy) is 1. The van der Waals surface area contributed by atoms with Gasteiger partial charge in [-0.1, -0.05) is 75.4 Å². The first-order valence-corrected chi connectivity index (χ1v) is 15.5. The molecule has 0 bridgehead atoms. The van der Waals surface area contributed by atoms with E-state index in [1.807, 2.05) is 61.5 Å². The maximum absolute atomic E-state index is 14.1. The lowest BCUT2D eigenvalue weighted by Crippen LogP contribution is -2.53. The van der Waals surface area contributed by atoms with Gasteiger partial charge < -0.3 is 15.0 Å². The van der Waals surface area contributed by atoms with Crippen LogP contribution in [0.2, 0.25) is 0 Å². The molecule has 0 spiro atoms. The molecule has 3 rings (SSSR count). The molecule has 41 heavy (non-hydrogen) atoms. The number of carbonyl (C=O) groups excluding carboxylic acids is 2. The van der Waals surface area contributed by atoms with Crippen LogP contribution in [0.1, 0.15) is 44.4 Å². The van der Waals surface area contributed by atoms with Crippen LogP contribution in [0.4, 0.5) is 5.69 Å². The van der Waals surface area contributed by atoms with Crippen molar-refractivity contribution in [3.8, 4) is 5.75 Å². The zero-order valence-electron chi connectivity index (χ0n) is 24.8. The van der Waals surface area contributed by atoms with Gasteiger partial charge in [-0.3, -0.25) is 13.9 Å². The summed E-state index contributed by atoms with van der Waals surface area (Å²) < 4.78 is 32.4. The summed E-state index contributed by atoms with van der Waals surface area (Å²) in [6.07, 6.45) is 1.34. The predicted octanol–water partition coefficient (Wildman–Crippen LogP) is 4.53. The largest absolute Gasteiger partial charge is 0.497 e. The first-order valence-electron chi connectivity index (χ1n) is 13.7. The van der Waals surface area contributed by atoms with E-state index in [2.05, 4.69) is 26.1 Å². The van der Waals surface area contributed by atoms with E-state index in [1.165, 1.54) is 4.90 Å². The second-order valence-corrected chi connectivity index (χ2v) is 12.9. The number of rotatable bonds is 12. The van der Waals surface area contributed by atoms with Gasteiger partial charge in [0.25, 0.3) is 0 Å². The van der Waals surface area contributed by atoms with Crippen LogP contribution in [0.3, 0.4) is 0 Å². The SMILES string of the molecule is CCNC(=O)[C@@H](Cc1ccccc1)N(Cc1cccc(OC)c1)C(=O)CN(c1ccc(C(C)(C)C)cc1)S(C)(=O)=O. The second kappa shape index (κ2) is 13.7. The number of nitrogens with zero attached hydrogens (tertiary/aromatic N) is 2. The number of benzene rings is 3. The molecule has 3 aromatic rings. The number of anilines is 1. The van der Waals surface area contributed by atoms with Crippen molar-refractivity contribution >= 4 is 27.5 Å². The van der Waals surface area contributed by atoms with Crippen molar-refractivity contribution in [1.82, 2.24) is 10.2 Å². The highest BCUT2D eigenvalue weighted by Gasteiger charge is 2.33. The molecular weight excluding hydrogens is 538 g/mol. The van der Waals surface area contributed by atoms with Crippen molar-refractivity contribution in [1.29, 1.82) is 0 Å². The minimum atomic E-state index is -3.83. The predicted molar refractivity (Wildman–Crippen MR) is 163 cm³/mol. The van der Waals surface area contributed by atoms with E-state index >= 15 is 0 Å². The Morgan fingerprint density at radius 2 is 1.56 bits per heavy atom. The summed E-state index contributed by atoms with van der Waals surface area (Å²) in [7, 11) is -2.27. The lowest BCUT2D eigenvalue weighted by atomic mass is 9.87. The standard InChI is InChI=1S/C32H41N3O5S/c1-7-33-31(37)29(21-24-12-9-8-10-13-24)34(22-25-14-11-15-28(20-25)40-5)30(36)23-35(41(6,38)39)27-18-16-26(17-19-27)32(2,3)4/h8-20,29H,7,21-23H2,1-6H3,(H,33,37)/t29-/m1/s1. The molecule has 0 fully saturated rings. The number of hydrogen-bond acceptors (Lipinski definition) is 5. The smallest absolute Gasteiger partial charge is 0.244 e. The lowest BCUT2D eigenvalue weighted by Gasteiger charge is -2.33. The van der Waals surface area contributed by atoms with Gasteiger partial charge in [0.2, 0.25) is 21.8 Å². The van der Waals surface area contributed by atoms with Gasteiger partial charge in [0.05, 0.1) is 19.1 Å². The molecule has 2 amide bonds. The summed E-state index contributed by atoms with van der Waals surface area (Å²) in [6, 6.07) is 23.0. The fourth-order valence-corrected chi connectivity index (χ4v) is 5.40. The molecule has 1 N–H and O–H groups in total. The highest BCUT2D eigenvalue weighted by Crippen LogP contribution is 2.26. The second-order valence-electron chi connectivity index (χ2n) is 11.0. The fourth-order valence-electron chi connectivity index (χ4n) is 4.55. The van der Waals surface area contributed by atoms with Crippen LogP contribution in [0.15, 0.2) is 78.9 Å². The van der Waals surface area contributed by atoms with Gasteiger partial charge >= 0.3 is 0 Å². The Morgan fingerprint density at radius 3 is 2.12 bits per heavy atom. The molecule has 0 aliphatic rings. The van der Waals surface area contributed by atoms with Crippen LogP contribution < -0.4 is 14.4 Å². The van der Waals surface area contributed by atoms with Crippen molar-refractivity contribution < 1.29 is 22.7 Å². The monoisotopic (exact) mass is 579 g/mol. The Balaban J connectivity index is 2.04. The topological polar surface area (TPSA) is 96.0 Å². The zero-order valence-corrected chi connectivity index (χ0v) is 25.6.